The van der Waals surface area contributed by atoms with Crippen molar-refractivity contribution in [2.45, 2.75) is 13.0 Å². The van der Waals surface area contributed by atoms with Crippen LogP contribution in [0.3, 0.4) is 0 Å². The molecule has 1 aromatic rings. The maximum Gasteiger partial charge on any atom is 0.388 e. The number of fused-ring (bicyclic) bond motifs is 1. The number of alkyl halides is 2. The second kappa shape index (κ2) is 3.48. The Morgan fingerprint density at radius 2 is 2.33 bits per heavy atom. The van der Waals surface area contributed by atoms with Gasteiger partial charge in [0.1, 0.15) is 5.56 Å². The number of aromatic amines is 1. The van der Waals surface area contributed by atoms with E-state index in [1.54, 1.807) is 7.05 Å². The third kappa shape index (κ3) is 1.64. The van der Waals surface area contributed by atoms with Crippen LogP contribution < -0.4 is 4.74 Å². The van der Waals surface area contributed by atoms with Crippen LogP contribution in [0.2, 0.25) is 0 Å². The molecule has 1 amide bonds. The van der Waals surface area contributed by atoms with E-state index in [-0.39, 0.29) is 17.4 Å². The second-order valence-electron chi connectivity index (χ2n) is 3.23. The fourth-order valence-electron chi connectivity index (χ4n) is 1.50. The first kappa shape index (κ1) is 9.88. The van der Waals surface area contributed by atoms with E-state index in [9.17, 15) is 13.6 Å². The summed E-state index contributed by atoms with van der Waals surface area (Å²) in [5.74, 6) is -0.600. The zero-order valence-corrected chi connectivity index (χ0v) is 7.96. The molecular formula is C8H9F2N3O2. The predicted octanol–water partition coefficient (Wildman–Crippen LogP) is 0.639. The van der Waals surface area contributed by atoms with Crippen molar-refractivity contribution in [3.8, 4) is 5.88 Å². The molecule has 0 aromatic carbocycles. The Balaban J connectivity index is 2.35. The molecule has 0 unspecified atom stereocenters. The third-order valence-corrected chi connectivity index (χ3v) is 2.26. The van der Waals surface area contributed by atoms with Gasteiger partial charge in [0.25, 0.3) is 5.91 Å². The van der Waals surface area contributed by atoms with Crippen LogP contribution in [0.4, 0.5) is 8.78 Å². The molecule has 82 valence electrons. The highest BCUT2D eigenvalue weighted by atomic mass is 19.3. The number of hydrogen-bond acceptors (Lipinski definition) is 3. The van der Waals surface area contributed by atoms with Gasteiger partial charge in [-0.1, -0.05) is 0 Å². The molecule has 2 heterocycles. The summed E-state index contributed by atoms with van der Waals surface area (Å²) < 4.78 is 28.2. The SMILES string of the molecule is CN1CCc2n[nH]c(OC(F)F)c2C1=O. The average Bonchev–Trinajstić information content (AvgIpc) is 2.55. The van der Waals surface area contributed by atoms with Crippen molar-refractivity contribution in [2.75, 3.05) is 13.6 Å². The van der Waals surface area contributed by atoms with Gasteiger partial charge in [-0.05, 0) is 0 Å². The minimum atomic E-state index is -2.96. The molecule has 15 heavy (non-hydrogen) atoms. The molecular weight excluding hydrogens is 208 g/mol. The molecule has 1 aliphatic rings. The van der Waals surface area contributed by atoms with Gasteiger partial charge in [0.2, 0.25) is 5.88 Å². The van der Waals surface area contributed by atoms with Crippen LogP contribution in [0.15, 0.2) is 0 Å². The summed E-state index contributed by atoms with van der Waals surface area (Å²) in [7, 11) is 1.60. The van der Waals surface area contributed by atoms with Crippen LogP contribution in [-0.2, 0) is 6.42 Å². The van der Waals surface area contributed by atoms with E-state index in [0.717, 1.165) is 0 Å². The lowest BCUT2D eigenvalue weighted by Gasteiger charge is -2.21. The number of H-pyrrole nitrogens is 1. The average molecular weight is 217 g/mol. The maximum absolute atomic E-state index is 12.0. The summed E-state index contributed by atoms with van der Waals surface area (Å²) >= 11 is 0. The largest absolute Gasteiger partial charge is 0.417 e. The molecule has 0 aliphatic carbocycles. The van der Waals surface area contributed by atoms with Crippen LogP contribution in [-0.4, -0.2) is 41.2 Å². The summed E-state index contributed by atoms with van der Waals surface area (Å²) in [6.07, 6.45) is 0.542. The van der Waals surface area contributed by atoms with E-state index in [2.05, 4.69) is 14.9 Å². The number of amides is 1. The molecule has 0 atom stereocenters. The Kier molecular flexibility index (Phi) is 2.29. The number of rotatable bonds is 2. The number of nitrogens with zero attached hydrogens (tertiary/aromatic N) is 2. The topological polar surface area (TPSA) is 58.2 Å². The van der Waals surface area contributed by atoms with Crippen molar-refractivity contribution < 1.29 is 18.3 Å². The van der Waals surface area contributed by atoms with E-state index < -0.39 is 6.61 Å². The summed E-state index contributed by atoms with van der Waals surface area (Å²) in [6.45, 7) is -2.43. The van der Waals surface area contributed by atoms with E-state index in [1.807, 2.05) is 0 Å². The van der Waals surface area contributed by atoms with Crippen LogP contribution in [0.5, 0.6) is 5.88 Å². The van der Waals surface area contributed by atoms with Gasteiger partial charge >= 0.3 is 6.61 Å². The second-order valence-corrected chi connectivity index (χ2v) is 3.23. The molecule has 1 N–H and O–H groups in total. The summed E-state index contributed by atoms with van der Waals surface area (Å²) in [5.41, 5.74) is 0.595. The van der Waals surface area contributed by atoms with Gasteiger partial charge in [-0.15, -0.1) is 0 Å². The Bertz CT molecular complexity index is 391. The zero-order valence-electron chi connectivity index (χ0n) is 7.96. The van der Waals surface area contributed by atoms with Crippen LogP contribution in [0, 0.1) is 0 Å². The zero-order chi connectivity index (χ0) is 11.0. The standard InChI is InChI=1S/C8H9F2N3O2/c1-13-3-2-4-5(7(13)14)6(12-11-4)15-8(9)10/h8H,2-3H2,1H3,(H,11,12). The van der Waals surface area contributed by atoms with Gasteiger partial charge in [-0.2, -0.15) is 13.9 Å². The van der Waals surface area contributed by atoms with Crippen molar-refractivity contribution in [2.24, 2.45) is 0 Å². The maximum atomic E-state index is 12.0. The summed E-state index contributed by atoms with van der Waals surface area (Å²) in [4.78, 5) is 13.1. The minimum absolute atomic E-state index is 0.115. The lowest BCUT2D eigenvalue weighted by atomic mass is 10.1. The number of carbonyl (C=O) groups is 1. The van der Waals surface area contributed by atoms with E-state index >= 15 is 0 Å². The number of hydrogen-bond donors (Lipinski definition) is 1. The van der Waals surface area contributed by atoms with Crippen LogP contribution >= 0.6 is 0 Å². The first-order valence-electron chi connectivity index (χ1n) is 4.37. The highest BCUT2D eigenvalue weighted by molar-refractivity contribution is 5.98. The molecule has 0 saturated heterocycles. The van der Waals surface area contributed by atoms with Gasteiger partial charge < -0.3 is 9.64 Å². The molecule has 5 nitrogen and oxygen atoms in total. The number of nitrogens with one attached hydrogen (secondary N) is 1. The minimum Gasteiger partial charge on any atom is -0.417 e. The number of likely N-dealkylation sites (N-methyl/N-ethyl adjacent to an activating group) is 1. The van der Waals surface area contributed by atoms with E-state index in [1.165, 1.54) is 4.90 Å². The number of aromatic nitrogens is 2. The molecule has 0 fully saturated rings. The smallest absolute Gasteiger partial charge is 0.388 e. The van der Waals surface area contributed by atoms with Crippen molar-refractivity contribution in [1.82, 2.24) is 15.1 Å². The molecule has 0 bridgehead atoms. The molecule has 1 aromatic heterocycles. The molecule has 2 rings (SSSR count). The van der Waals surface area contributed by atoms with Gasteiger partial charge in [0, 0.05) is 20.0 Å². The lowest BCUT2D eigenvalue weighted by molar-refractivity contribution is -0.0533. The molecule has 0 spiro atoms. The van der Waals surface area contributed by atoms with Gasteiger partial charge in [0.15, 0.2) is 0 Å². The van der Waals surface area contributed by atoms with Crippen LogP contribution in [0.25, 0.3) is 0 Å². The fourth-order valence-corrected chi connectivity index (χ4v) is 1.50. The monoisotopic (exact) mass is 217 g/mol. The Labute approximate surface area is 84.0 Å². The number of ether oxygens (including phenoxy) is 1. The molecule has 1 aliphatic heterocycles. The lowest BCUT2D eigenvalue weighted by Crippen LogP contribution is -2.34. The third-order valence-electron chi connectivity index (χ3n) is 2.26. The van der Waals surface area contributed by atoms with Gasteiger partial charge in [0.05, 0.1) is 5.69 Å². The van der Waals surface area contributed by atoms with E-state index in [4.69, 9.17) is 0 Å². The quantitative estimate of drug-likeness (QED) is 0.790. The fraction of sp³-hybridized carbons (Fsp3) is 0.500. The summed E-state index contributed by atoms with van der Waals surface area (Å²) in [6, 6.07) is 0. The summed E-state index contributed by atoms with van der Waals surface area (Å²) in [5, 5.41) is 6.06. The van der Waals surface area contributed by atoms with E-state index in [0.29, 0.717) is 18.7 Å². The predicted molar refractivity (Wildman–Crippen MR) is 45.9 cm³/mol. The highest BCUT2D eigenvalue weighted by Gasteiger charge is 2.29. The molecule has 0 saturated carbocycles. The first-order valence-corrected chi connectivity index (χ1v) is 4.37. The first-order chi connectivity index (χ1) is 7.09. The number of halogens is 2. The van der Waals surface area contributed by atoms with Crippen molar-refractivity contribution in [3.05, 3.63) is 11.3 Å². The molecule has 7 heteroatoms. The van der Waals surface area contributed by atoms with Crippen molar-refractivity contribution in [1.29, 1.82) is 0 Å². The highest BCUT2D eigenvalue weighted by Crippen LogP contribution is 2.25. The Morgan fingerprint density at radius 3 is 3.00 bits per heavy atom. The Hall–Kier alpha value is -1.66. The van der Waals surface area contributed by atoms with Crippen molar-refractivity contribution in [3.63, 3.8) is 0 Å². The molecule has 0 radical (unpaired) electrons. The number of carbonyl (C=O) groups excluding carboxylic acids is 1. The van der Waals surface area contributed by atoms with Crippen molar-refractivity contribution >= 4 is 5.91 Å². The Morgan fingerprint density at radius 1 is 1.60 bits per heavy atom. The normalized spacial score (nSPS) is 15.7. The van der Waals surface area contributed by atoms with Crippen LogP contribution in [0.1, 0.15) is 16.1 Å². The van der Waals surface area contributed by atoms with Gasteiger partial charge in [-0.25, -0.2) is 5.10 Å². The van der Waals surface area contributed by atoms with Gasteiger partial charge in [-0.3, -0.25) is 4.79 Å².